The molecule has 5 nitrogen and oxygen atoms in total. The Hall–Kier alpha value is -1.48. The van der Waals surface area contributed by atoms with E-state index in [2.05, 4.69) is 20.9 Å². The van der Waals surface area contributed by atoms with Crippen LogP contribution in [0.3, 0.4) is 0 Å². The largest absolute Gasteiger partial charge is 0.304 e. The minimum atomic E-state index is -0.621. The summed E-state index contributed by atoms with van der Waals surface area (Å²) >= 11 is 2.93. The molecule has 1 aromatic rings. The van der Waals surface area contributed by atoms with Crippen molar-refractivity contribution in [3.05, 3.63) is 32.5 Å². The number of rotatable bonds is 1. The molecule has 0 aliphatic heterocycles. The fraction of sp³-hybridized carbons (Fsp3) is 0. The molecule has 0 atom stereocenters. The highest BCUT2D eigenvalue weighted by Gasteiger charge is 2.17. The van der Waals surface area contributed by atoms with Gasteiger partial charge in [-0.1, -0.05) is 0 Å². The molecule has 0 N–H and O–H groups in total. The molecule has 12 heavy (non-hydrogen) atoms. The molecule has 0 unspecified atom stereocenters. The lowest BCUT2D eigenvalue weighted by Gasteiger charge is -1.94. The zero-order valence-corrected chi connectivity index (χ0v) is 7.28. The van der Waals surface area contributed by atoms with Gasteiger partial charge in [-0.25, -0.2) is 0 Å². The average Bonchev–Trinajstić information content (AvgIpc) is 2.03. The second kappa shape index (κ2) is 3.28. The third-order valence-electron chi connectivity index (χ3n) is 1.18. The second-order valence-corrected chi connectivity index (χ2v) is 2.74. The van der Waals surface area contributed by atoms with E-state index in [0.717, 1.165) is 6.20 Å². The van der Waals surface area contributed by atoms with Crippen molar-refractivity contribution in [3.8, 4) is 6.07 Å². The Kier molecular flexibility index (Phi) is 2.35. The van der Waals surface area contributed by atoms with Gasteiger partial charge in [0, 0.05) is 6.20 Å². The number of halogens is 1. The van der Waals surface area contributed by atoms with E-state index in [4.69, 9.17) is 5.26 Å². The minimum absolute atomic E-state index is 0.0469. The Morgan fingerprint density at radius 3 is 2.75 bits per heavy atom. The average molecular weight is 228 g/mol. The molecule has 0 spiro atoms. The Bertz CT molecular complexity index is 372. The van der Waals surface area contributed by atoms with E-state index in [9.17, 15) is 10.1 Å². The molecule has 0 saturated heterocycles. The Morgan fingerprint density at radius 1 is 1.67 bits per heavy atom. The van der Waals surface area contributed by atoms with E-state index in [-0.39, 0.29) is 15.7 Å². The van der Waals surface area contributed by atoms with Gasteiger partial charge in [-0.05, 0) is 15.9 Å². The fourth-order valence-corrected chi connectivity index (χ4v) is 1.17. The predicted octanol–water partition coefficient (Wildman–Crippen LogP) is 1.62. The van der Waals surface area contributed by atoms with Crippen molar-refractivity contribution in [2.75, 3.05) is 0 Å². The lowest BCUT2D eigenvalue weighted by atomic mass is 10.3. The number of hydrogen-bond donors (Lipinski definition) is 0. The zero-order chi connectivity index (χ0) is 9.14. The summed E-state index contributed by atoms with van der Waals surface area (Å²) in [7, 11) is 0. The van der Waals surface area contributed by atoms with E-state index in [1.54, 1.807) is 6.07 Å². The highest BCUT2D eigenvalue weighted by Crippen LogP contribution is 2.26. The van der Waals surface area contributed by atoms with Gasteiger partial charge >= 0.3 is 5.69 Å². The Balaban J connectivity index is 3.42. The first-order valence-electron chi connectivity index (χ1n) is 2.85. The molecule has 0 aliphatic rings. The van der Waals surface area contributed by atoms with Crippen LogP contribution in [0.1, 0.15) is 5.56 Å². The van der Waals surface area contributed by atoms with Crippen molar-refractivity contribution in [1.82, 2.24) is 4.98 Å². The molecule has 0 fully saturated rings. The number of pyridine rings is 1. The molecule has 60 valence electrons. The van der Waals surface area contributed by atoms with Gasteiger partial charge in [0.15, 0.2) is 0 Å². The van der Waals surface area contributed by atoms with E-state index in [1.165, 1.54) is 6.20 Å². The van der Waals surface area contributed by atoms with Crippen LogP contribution in [0.4, 0.5) is 5.69 Å². The van der Waals surface area contributed by atoms with Crippen LogP contribution in [0, 0.1) is 21.4 Å². The summed E-state index contributed by atoms with van der Waals surface area (Å²) in [5.74, 6) is 0. The lowest BCUT2D eigenvalue weighted by molar-refractivity contribution is -0.386. The molecular weight excluding hydrogens is 226 g/mol. The van der Waals surface area contributed by atoms with Crippen LogP contribution in [0.2, 0.25) is 0 Å². The maximum atomic E-state index is 10.4. The highest BCUT2D eigenvalue weighted by molar-refractivity contribution is 9.10. The van der Waals surface area contributed by atoms with Crippen LogP contribution in [0.25, 0.3) is 0 Å². The summed E-state index contributed by atoms with van der Waals surface area (Å²) in [4.78, 5) is 13.4. The van der Waals surface area contributed by atoms with Crippen molar-refractivity contribution < 1.29 is 4.92 Å². The van der Waals surface area contributed by atoms with E-state index < -0.39 is 4.92 Å². The van der Waals surface area contributed by atoms with Crippen molar-refractivity contribution in [1.29, 1.82) is 5.26 Å². The number of nitro groups is 1. The Labute approximate surface area is 75.9 Å². The maximum Gasteiger partial charge on any atom is 0.304 e. The second-order valence-electron chi connectivity index (χ2n) is 1.89. The van der Waals surface area contributed by atoms with Gasteiger partial charge in [-0.15, -0.1) is 0 Å². The van der Waals surface area contributed by atoms with Gasteiger partial charge in [0.1, 0.15) is 16.1 Å². The predicted molar refractivity (Wildman–Crippen MR) is 43.3 cm³/mol. The summed E-state index contributed by atoms with van der Waals surface area (Å²) in [6, 6.07) is 1.68. The molecule has 1 aromatic heterocycles. The van der Waals surface area contributed by atoms with Crippen molar-refractivity contribution in [2.45, 2.75) is 0 Å². The monoisotopic (exact) mass is 227 g/mol. The normalized spacial score (nSPS) is 9.00. The maximum absolute atomic E-state index is 10.4. The van der Waals surface area contributed by atoms with Crippen LogP contribution in [-0.2, 0) is 0 Å². The molecule has 0 aromatic carbocycles. The van der Waals surface area contributed by atoms with Crippen LogP contribution >= 0.6 is 15.9 Å². The molecule has 0 amide bonds. The molecule has 0 radical (unpaired) electrons. The lowest BCUT2D eigenvalue weighted by Crippen LogP contribution is -1.94. The van der Waals surface area contributed by atoms with Gasteiger partial charge in [0.25, 0.3) is 0 Å². The van der Waals surface area contributed by atoms with Crippen molar-refractivity contribution in [2.24, 2.45) is 0 Å². The summed E-state index contributed by atoms with van der Waals surface area (Å²) < 4.78 is 0.214. The third-order valence-corrected chi connectivity index (χ3v) is 1.76. The number of aromatic nitrogens is 1. The molecule has 6 heteroatoms. The first-order valence-corrected chi connectivity index (χ1v) is 3.64. The first kappa shape index (κ1) is 8.62. The van der Waals surface area contributed by atoms with Crippen molar-refractivity contribution in [3.63, 3.8) is 0 Å². The van der Waals surface area contributed by atoms with Crippen LogP contribution in [0.5, 0.6) is 0 Å². The van der Waals surface area contributed by atoms with Crippen molar-refractivity contribution >= 4 is 21.6 Å². The first-order chi connectivity index (χ1) is 5.66. The quantitative estimate of drug-likeness (QED) is 0.540. The van der Waals surface area contributed by atoms with E-state index >= 15 is 0 Å². The standard InChI is InChI=1S/C6H2BrN3O2/c7-5-3-9-2-4(1-8)6(5)10(11)12/h2-3H. The summed E-state index contributed by atoms with van der Waals surface area (Å²) in [6.07, 6.45) is 2.43. The SMILES string of the molecule is N#Cc1cncc(Br)c1[N+](=O)[O-]. The molecule has 0 aliphatic carbocycles. The molecule has 0 bridgehead atoms. The molecular formula is C6H2BrN3O2. The minimum Gasteiger partial charge on any atom is -0.262 e. The fourth-order valence-electron chi connectivity index (χ4n) is 0.696. The topological polar surface area (TPSA) is 79.8 Å². The van der Waals surface area contributed by atoms with Crippen LogP contribution < -0.4 is 0 Å². The number of nitriles is 1. The van der Waals surface area contributed by atoms with Gasteiger partial charge in [-0.3, -0.25) is 15.1 Å². The summed E-state index contributed by atoms with van der Waals surface area (Å²) in [5, 5.41) is 18.9. The molecule has 1 rings (SSSR count). The molecule has 0 saturated carbocycles. The highest BCUT2D eigenvalue weighted by atomic mass is 79.9. The molecule has 1 heterocycles. The number of hydrogen-bond acceptors (Lipinski definition) is 4. The van der Waals surface area contributed by atoms with Gasteiger partial charge < -0.3 is 0 Å². The van der Waals surface area contributed by atoms with Gasteiger partial charge in [0.2, 0.25) is 0 Å². The van der Waals surface area contributed by atoms with E-state index in [0.29, 0.717) is 0 Å². The number of nitrogens with zero attached hydrogens (tertiary/aromatic N) is 3. The van der Waals surface area contributed by atoms with E-state index in [1.807, 2.05) is 0 Å². The zero-order valence-electron chi connectivity index (χ0n) is 5.69. The summed E-state index contributed by atoms with van der Waals surface area (Å²) in [5.41, 5.74) is -0.290. The third kappa shape index (κ3) is 1.40. The smallest absolute Gasteiger partial charge is 0.262 e. The van der Waals surface area contributed by atoms with Gasteiger partial charge in [0.05, 0.1) is 11.1 Å². The van der Waals surface area contributed by atoms with Crippen LogP contribution in [0.15, 0.2) is 16.9 Å². The van der Waals surface area contributed by atoms with Crippen LogP contribution in [-0.4, -0.2) is 9.91 Å². The Morgan fingerprint density at radius 2 is 2.33 bits per heavy atom. The van der Waals surface area contributed by atoms with Gasteiger partial charge in [-0.2, -0.15) is 5.26 Å². The summed E-state index contributed by atoms with van der Waals surface area (Å²) in [6.45, 7) is 0.